The van der Waals surface area contributed by atoms with Gasteiger partial charge in [0.25, 0.3) is 0 Å². The van der Waals surface area contributed by atoms with Crippen molar-refractivity contribution < 1.29 is 4.79 Å². The standard InChI is InChI=1S/C12H10O/c1-10(2)12(13)9-8-11-6-4-3-5-7-11/h3-7H,1H2,2H3. The summed E-state index contributed by atoms with van der Waals surface area (Å²) < 4.78 is 0. The van der Waals surface area contributed by atoms with Crippen molar-refractivity contribution in [1.82, 2.24) is 0 Å². The third-order valence-corrected chi connectivity index (χ3v) is 1.48. The van der Waals surface area contributed by atoms with Crippen LogP contribution in [0.1, 0.15) is 12.5 Å². The number of hydrogen-bond acceptors (Lipinski definition) is 1. The summed E-state index contributed by atoms with van der Waals surface area (Å²) in [5.74, 6) is 5.07. The molecule has 1 nitrogen and oxygen atoms in total. The van der Waals surface area contributed by atoms with E-state index in [9.17, 15) is 4.79 Å². The summed E-state index contributed by atoms with van der Waals surface area (Å²) in [6, 6.07) is 9.40. The zero-order chi connectivity index (χ0) is 9.68. The molecule has 1 aromatic carbocycles. The number of benzene rings is 1. The zero-order valence-electron chi connectivity index (χ0n) is 7.50. The van der Waals surface area contributed by atoms with Crippen LogP contribution in [0.15, 0.2) is 42.5 Å². The smallest absolute Gasteiger partial charge is 0.231 e. The molecule has 0 N–H and O–H groups in total. The Balaban J connectivity index is 2.80. The number of hydrogen-bond donors (Lipinski definition) is 0. The summed E-state index contributed by atoms with van der Waals surface area (Å²) in [5.41, 5.74) is 1.32. The van der Waals surface area contributed by atoms with Crippen molar-refractivity contribution >= 4 is 5.78 Å². The first kappa shape index (κ1) is 9.28. The molecule has 1 heteroatoms. The quantitative estimate of drug-likeness (QED) is 0.466. The molecule has 0 aliphatic carbocycles. The number of carbonyl (C=O) groups is 1. The van der Waals surface area contributed by atoms with Gasteiger partial charge in [0.2, 0.25) is 5.78 Å². The maximum absolute atomic E-state index is 11.0. The van der Waals surface area contributed by atoms with Gasteiger partial charge < -0.3 is 0 Å². The molecule has 1 rings (SSSR count). The van der Waals surface area contributed by atoms with Crippen molar-refractivity contribution in [3.63, 3.8) is 0 Å². The Hall–Kier alpha value is -1.81. The number of rotatable bonds is 1. The number of carbonyl (C=O) groups excluding carboxylic acids is 1. The largest absolute Gasteiger partial charge is 0.280 e. The molecular formula is C12H10O. The molecule has 0 aliphatic heterocycles. The highest BCUT2D eigenvalue weighted by Gasteiger charge is 1.94. The van der Waals surface area contributed by atoms with E-state index in [1.807, 2.05) is 30.3 Å². The molecule has 0 saturated carbocycles. The molecule has 0 radical (unpaired) electrons. The van der Waals surface area contributed by atoms with Gasteiger partial charge >= 0.3 is 0 Å². The van der Waals surface area contributed by atoms with Crippen LogP contribution in [0.2, 0.25) is 0 Å². The molecule has 0 unspecified atom stereocenters. The molecular weight excluding hydrogens is 160 g/mol. The van der Waals surface area contributed by atoms with E-state index in [1.165, 1.54) is 0 Å². The third-order valence-electron chi connectivity index (χ3n) is 1.48. The average Bonchev–Trinajstić information content (AvgIpc) is 2.15. The average molecular weight is 170 g/mol. The van der Waals surface area contributed by atoms with Gasteiger partial charge in [-0.2, -0.15) is 0 Å². The first-order chi connectivity index (χ1) is 6.20. The van der Waals surface area contributed by atoms with Crippen LogP contribution in [-0.2, 0) is 4.79 Å². The van der Waals surface area contributed by atoms with Crippen LogP contribution in [0.25, 0.3) is 0 Å². The predicted molar refractivity (Wildman–Crippen MR) is 53.1 cm³/mol. The summed E-state index contributed by atoms with van der Waals surface area (Å²) in [5, 5.41) is 0. The summed E-state index contributed by atoms with van der Waals surface area (Å²) >= 11 is 0. The Kier molecular flexibility index (Phi) is 3.05. The maximum atomic E-state index is 11.0. The topological polar surface area (TPSA) is 17.1 Å². The lowest BCUT2D eigenvalue weighted by Gasteiger charge is -1.87. The lowest BCUT2D eigenvalue weighted by Crippen LogP contribution is -1.92. The number of Topliss-reactive ketones (excluding diaryl/α,β-unsaturated/α-hetero) is 1. The molecule has 0 bridgehead atoms. The highest BCUT2D eigenvalue weighted by Crippen LogP contribution is 1.95. The molecule has 0 atom stereocenters. The molecule has 0 amide bonds. The number of ketones is 1. The summed E-state index contributed by atoms with van der Waals surface area (Å²) in [6.45, 7) is 5.17. The van der Waals surface area contributed by atoms with E-state index in [-0.39, 0.29) is 5.78 Å². The van der Waals surface area contributed by atoms with Crippen molar-refractivity contribution in [2.75, 3.05) is 0 Å². The molecule has 13 heavy (non-hydrogen) atoms. The Morgan fingerprint density at radius 2 is 1.92 bits per heavy atom. The fourth-order valence-corrected chi connectivity index (χ4v) is 0.757. The lowest BCUT2D eigenvalue weighted by molar-refractivity contribution is -0.110. The Morgan fingerprint density at radius 3 is 2.46 bits per heavy atom. The van der Waals surface area contributed by atoms with Crippen LogP contribution in [0.4, 0.5) is 0 Å². The summed E-state index contributed by atoms with van der Waals surface area (Å²) in [6.07, 6.45) is 0. The fraction of sp³-hybridized carbons (Fsp3) is 0.0833. The minimum atomic E-state index is -0.205. The van der Waals surface area contributed by atoms with E-state index >= 15 is 0 Å². The van der Waals surface area contributed by atoms with Crippen molar-refractivity contribution in [2.45, 2.75) is 6.92 Å². The molecule has 0 aliphatic rings. The van der Waals surface area contributed by atoms with Crippen molar-refractivity contribution in [2.24, 2.45) is 0 Å². The van der Waals surface area contributed by atoms with Gasteiger partial charge in [-0.15, -0.1) is 0 Å². The first-order valence-electron chi connectivity index (χ1n) is 3.97. The minimum Gasteiger partial charge on any atom is -0.280 e. The lowest BCUT2D eigenvalue weighted by atomic mass is 10.2. The zero-order valence-corrected chi connectivity index (χ0v) is 7.50. The fourth-order valence-electron chi connectivity index (χ4n) is 0.757. The van der Waals surface area contributed by atoms with E-state index in [1.54, 1.807) is 6.92 Å². The van der Waals surface area contributed by atoms with Crippen LogP contribution in [0, 0.1) is 11.8 Å². The highest BCUT2D eigenvalue weighted by molar-refractivity contribution is 6.07. The molecule has 1 aromatic rings. The van der Waals surface area contributed by atoms with Crippen LogP contribution in [-0.4, -0.2) is 5.78 Å². The van der Waals surface area contributed by atoms with E-state index in [0.717, 1.165) is 5.56 Å². The second kappa shape index (κ2) is 4.27. The Morgan fingerprint density at radius 1 is 1.31 bits per heavy atom. The molecule has 0 fully saturated rings. The van der Waals surface area contributed by atoms with E-state index in [0.29, 0.717) is 5.57 Å². The van der Waals surface area contributed by atoms with E-state index < -0.39 is 0 Å². The molecule has 0 aromatic heterocycles. The van der Waals surface area contributed by atoms with Crippen molar-refractivity contribution in [3.05, 3.63) is 48.0 Å². The van der Waals surface area contributed by atoms with Gasteiger partial charge in [-0.3, -0.25) is 4.79 Å². The van der Waals surface area contributed by atoms with E-state index in [4.69, 9.17) is 0 Å². The van der Waals surface area contributed by atoms with Crippen molar-refractivity contribution in [1.29, 1.82) is 0 Å². The monoisotopic (exact) mass is 170 g/mol. The Labute approximate surface area is 78.1 Å². The van der Waals surface area contributed by atoms with Crippen LogP contribution >= 0.6 is 0 Å². The molecule has 0 heterocycles. The first-order valence-corrected chi connectivity index (χ1v) is 3.97. The van der Waals surface area contributed by atoms with Crippen molar-refractivity contribution in [3.8, 4) is 11.8 Å². The summed E-state index contributed by atoms with van der Waals surface area (Å²) in [4.78, 5) is 11.0. The Bertz CT molecular complexity index is 377. The van der Waals surface area contributed by atoms with Gasteiger partial charge in [0, 0.05) is 5.56 Å². The molecule has 0 spiro atoms. The van der Waals surface area contributed by atoms with Gasteiger partial charge in [-0.1, -0.05) is 30.7 Å². The third kappa shape index (κ3) is 2.96. The number of allylic oxidation sites excluding steroid dienone is 1. The second-order valence-corrected chi connectivity index (χ2v) is 2.73. The van der Waals surface area contributed by atoms with Gasteiger partial charge in [0.15, 0.2) is 0 Å². The molecule has 0 saturated heterocycles. The van der Waals surface area contributed by atoms with Gasteiger partial charge in [0.05, 0.1) is 0 Å². The van der Waals surface area contributed by atoms with E-state index in [2.05, 4.69) is 18.4 Å². The highest BCUT2D eigenvalue weighted by atomic mass is 16.1. The normalized spacial score (nSPS) is 8.38. The summed E-state index contributed by atoms with van der Waals surface area (Å²) in [7, 11) is 0. The predicted octanol–water partition coefficient (Wildman–Crippen LogP) is 2.18. The van der Waals surface area contributed by atoms with Gasteiger partial charge in [-0.25, -0.2) is 0 Å². The van der Waals surface area contributed by atoms with Crippen LogP contribution < -0.4 is 0 Å². The maximum Gasteiger partial charge on any atom is 0.231 e. The minimum absolute atomic E-state index is 0.205. The van der Waals surface area contributed by atoms with Crippen LogP contribution in [0.3, 0.4) is 0 Å². The van der Waals surface area contributed by atoms with Crippen LogP contribution in [0.5, 0.6) is 0 Å². The molecule has 64 valence electrons. The SMILES string of the molecule is C=C(C)C(=O)C#Cc1ccccc1. The van der Waals surface area contributed by atoms with Gasteiger partial charge in [0.1, 0.15) is 0 Å². The van der Waals surface area contributed by atoms with Gasteiger partial charge in [-0.05, 0) is 30.6 Å². The second-order valence-electron chi connectivity index (χ2n) is 2.73.